The molecule has 1 aliphatic rings. The van der Waals surface area contributed by atoms with Crippen LogP contribution in [0.3, 0.4) is 0 Å². The maximum atomic E-state index is 8.72. The zero-order chi connectivity index (χ0) is 10.5. The van der Waals surface area contributed by atoms with Crippen LogP contribution in [0.15, 0.2) is 18.3 Å². The highest BCUT2D eigenvalue weighted by Crippen LogP contribution is 2.09. The van der Waals surface area contributed by atoms with Crippen LogP contribution in [0.25, 0.3) is 0 Å². The Morgan fingerprint density at radius 1 is 1.47 bits per heavy atom. The van der Waals surface area contributed by atoms with Crippen LogP contribution in [-0.2, 0) is 13.1 Å². The SMILES string of the molecule is OCCn1cc(CNC2CC=CC2)nn1. The van der Waals surface area contributed by atoms with Crippen molar-refractivity contribution >= 4 is 0 Å². The second-order valence-corrected chi connectivity index (χ2v) is 3.72. The van der Waals surface area contributed by atoms with Crippen molar-refractivity contribution in [2.24, 2.45) is 0 Å². The molecular formula is C10H16N4O. The van der Waals surface area contributed by atoms with Gasteiger partial charge in [-0.3, -0.25) is 0 Å². The Bertz CT molecular complexity index is 326. The lowest BCUT2D eigenvalue weighted by Gasteiger charge is -2.09. The molecule has 2 rings (SSSR count). The Labute approximate surface area is 88.8 Å². The van der Waals surface area contributed by atoms with E-state index in [1.807, 2.05) is 6.20 Å². The molecule has 1 aliphatic carbocycles. The fourth-order valence-corrected chi connectivity index (χ4v) is 1.66. The van der Waals surface area contributed by atoms with Crippen molar-refractivity contribution in [2.75, 3.05) is 6.61 Å². The van der Waals surface area contributed by atoms with Crippen LogP contribution in [0.2, 0.25) is 0 Å². The van der Waals surface area contributed by atoms with Crippen LogP contribution < -0.4 is 5.32 Å². The van der Waals surface area contributed by atoms with Crippen LogP contribution in [0.4, 0.5) is 0 Å². The molecule has 0 amide bonds. The topological polar surface area (TPSA) is 63.0 Å². The van der Waals surface area contributed by atoms with Gasteiger partial charge in [0.1, 0.15) is 0 Å². The first-order valence-electron chi connectivity index (χ1n) is 5.27. The lowest BCUT2D eigenvalue weighted by atomic mass is 10.2. The van der Waals surface area contributed by atoms with Gasteiger partial charge in [-0.1, -0.05) is 17.4 Å². The Balaban J connectivity index is 1.77. The molecule has 15 heavy (non-hydrogen) atoms. The second-order valence-electron chi connectivity index (χ2n) is 3.72. The van der Waals surface area contributed by atoms with Gasteiger partial charge in [-0.15, -0.1) is 5.10 Å². The second kappa shape index (κ2) is 5.04. The third kappa shape index (κ3) is 2.87. The number of nitrogens with zero attached hydrogens (tertiary/aromatic N) is 3. The van der Waals surface area contributed by atoms with E-state index in [2.05, 4.69) is 27.8 Å². The standard InChI is InChI=1S/C10H16N4O/c15-6-5-14-8-10(12-13-14)7-11-9-3-1-2-4-9/h1-2,8-9,11,15H,3-7H2. The van der Waals surface area contributed by atoms with E-state index >= 15 is 0 Å². The molecular weight excluding hydrogens is 192 g/mol. The van der Waals surface area contributed by atoms with Gasteiger partial charge < -0.3 is 10.4 Å². The van der Waals surface area contributed by atoms with Gasteiger partial charge >= 0.3 is 0 Å². The van der Waals surface area contributed by atoms with E-state index < -0.39 is 0 Å². The van der Waals surface area contributed by atoms with Gasteiger partial charge in [0, 0.05) is 18.8 Å². The van der Waals surface area contributed by atoms with E-state index in [4.69, 9.17) is 5.11 Å². The van der Waals surface area contributed by atoms with Gasteiger partial charge in [0.15, 0.2) is 0 Å². The molecule has 0 atom stereocenters. The average molecular weight is 208 g/mol. The van der Waals surface area contributed by atoms with Gasteiger partial charge in [-0.25, -0.2) is 4.68 Å². The van der Waals surface area contributed by atoms with Crippen molar-refractivity contribution in [2.45, 2.75) is 32.0 Å². The number of rotatable bonds is 5. The van der Waals surface area contributed by atoms with E-state index in [0.717, 1.165) is 25.1 Å². The summed E-state index contributed by atoms with van der Waals surface area (Å²) < 4.78 is 1.66. The summed E-state index contributed by atoms with van der Waals surface area (Å²) in [6, 6.07) is 0.549. The highest BCUT2D eigenvalue weighted by atomic mass is 16.3. The monoisotopic (exact) mass is 208 g/mol. The first-order chi connectivity index (χ1) is 7.38. The van der Waals surface area contributed by atoms with E-state index in [1.165, 1.54) is 0 Å². The van der Waals surface area contributed by atoms with Crippen LogP contribution in [0.1, 0.15) is 18.5 Å². The van der Waals surface area contributed by atoms with Crippen LogP contribution in [0.5, 0.6) is 0 Å². The van der Waals surface area contributed by atoms with Crippen molar-refractivity contribution in [3.8, 4) is 0 Å². The van der Waals surface area contributed by atoms with Crippen molar-refractivity contribution < 1.29 is 5.11 Å². The van der Waals surface area contributed by atoms with Crippen LogP contribution in [-0.4, -0.2) is 32.7 Å². The molecule has 0 saturated carbocycles. The average Bonchev–Trinajstić information content (AvgIpc) is 2.85. The lowest BCUT2D eigenvalue weighted by Crippen LogP contribution is -2.25. The molecule has 0 fully saturated rings. The smallest absolute Gasteiger partial charge is 0.0964 e. The Morgan fingerprint density at radius 2 is 2.27 bits per heavy atom. The maximum Gasteiger partial charge on any atom is 0.0964 e. The number of aromatic nitrogens is 3. The molecule has 0 aliphatic heterocycles. The van der Waals surface area contributed by atoms with Crippen molar-refractivity contribution in [3.63, 3.8) is 0 Å². The van der Waals surface area contributed by atoms with Gasteiger partial charge in [-0.2, -0.15) is 0 Å². The number of hydrogen-bond donors (Lipinski definition) is 2. The minimum absolute atomic E-state index is 0.1000. The number of aliphatic hydroxyl groups excluding tert-OH is 1. The summed E-state index contributed by atoms with van der Waals surface area (Å²) in [5, 5.41) is 20.0. The molecule has 0 spiro atoms. The number of hydrogen-bond acceptors (Lipinski definition) is 4. The summed E-state index contributed by atoms with van der Waals surface area (Å²) in [5.74, 6) is 0. The van der Waals surface area contributed by atoms with Crippen molar-refractivity contribution in [1.82, 2.24) is 20.3 Å². The zero-order valence-corrected chi connectivity index (χ0v) is 8.63. The lowest BCUT2D eigenvalue weighted by molar-refractivity contribution is 0.268. The van der Waals surface area contributed by atoms with Gasteiger partial charge in [-0.05, 0) is 12.8 Å². The Hall–Kier alpha value is -1.20. The van der Waals surface area contributed by atoms with Gasteiger partial charge in [0.2, 0.25) is 0 Å². The first-order valence-corrected chi connectivity index (χ1v) is 5.27. The minimum Gasteiger partial charge on any atom is -0.394 e. The summed E-state index contributed by atoms with van der Waals surface area (Å²) in [5.41, 5.74) is 0.926. The highest BCUT2D eigenvalue weighted by Gasteiger charge is 2.09. The molecule has 2 N–H and O–H groups in total. The predicted octanol–water partition coefficient (Wildman–Crippen LogP) is 0.0786. The molecule has 0 radical (unpaired) electrons. The normalized spacial score (nSPS) is 16.3. The molecule has 1 aromatic rings. The van der Waals surface area contributed by atoms with Gasteiger partial charge in [0.25, 0.3) is 0 Å². The summed E-state index contributed by atoms with van der Waals surface area (Å²) in [6.07, 6.45) is 8.46. The van der Waals surface area contributed by atoms with Crippen LogP contribution >= 0.6 is 0 Å². The summed E-state index contributed by atoms with van der Waals surface area (Å²) >= 11 is 0. The maximum absolute atomic E-state index is 8.72. The third-order valence-corrected chi connectivity index (χ3v) is 2.49. The van der Waals surface area contributed by atoms with Gasteiger partial charge in [0.05, 0.1) is 18.8 Å². The summed E-state index contributed by atoms with van der Waals surface area (Å²) in [6.45, 7) is 1.36. The highest BCUT2D eigenvalue weighted by molar-refractivity contribution is 4.99. The summed E-state index contributed by atoms with van der Waals surface area (Å²) in [4.78, 5) is 0. The molecule has 0 saturated heterocycles. The molecule has 0 bridgehead atoms. The summed E-state index contributed by atoms with van der Waals surface area (Å²) in [7, 11) is 0. The number of aliphatic hydroxyl groups is 1. The molecule has 82 valence electrons. The fraction of sp³-hybridized carbons (Fsp3) is 0.600. The number of nitrogens with one attached hydrogen (secondary N) is 1. The Kier molecular flexibility index (Phi) is 3.47. The predicted molar refractivity (Wildman–Crippen MR) is 56.1 cm³/mol. The largest absolute Gasteiger partial charge is 0.394 e. The molecule has 0 unspecified atom stereocenters. The molecule has 0 aromatic carbocycles. The minimum atomic E-state index is 0.1000. The van der Waals surface area contributed by atoms with Crippen molar-refractivity contribution in [1.29, 1.82) is 0 Å². The van der Waals surface area contributed by atoms with Crippen LogP contribution in [0, 0.1) is 0 Å². The molecule has 1 heterocycles. The fourth-order valence-electron chi connectivity index (χ4n) is 1.66. The third-order valence-electron chi connectivity index (χ3n) is 2.49. The van der Waals surface area contributed by atoms with E-state index in [0.29, 0.717) is 12.6 Å². The van der Waals surface area contributed by atoms with E-state index in [9.17, 15) is 0 Å². The zero-order valence-electron chi connectivity index (χ0n) is 8.63. The van der Waals surface area contributed by atoms with E-state index in [-0.39, 0.29) is 6.61 Å². The van der Waals surface area contributed by atoms with E-state index in [1.54, 1.807) is 4.68 Å². The first kappa shape index (κ1) is 10.3. The van der Waals surface area contributed by atoms with Crippen molar-refractivity contribution in [3.05, 3.63) is 24.0 Å². The molecule has 1 aromatic heterocycles. The quantitative estimate of drug-likeness (QED) is 0.673. The Morgan fingerprint density at radius 3 is 3.00 bits per heavy atom. The molecule has 5 heteroatoms. The molecule has 5 nitrogen and oxygen atoms in total.